The van der Waals surface area contributed by atoms with Crippen LogP contribution in [0.4, 0.5) is 0 Å². The number of halogens is 1. The number of hydrogen-bond acceptors (Lipinski definition) is 4. The Labute approximate surface area is 149 Å². The number of rotatable bonds is 7. The number of aliphatic hydroxyl groups is 1. The minimum Gasteiger partial charge on any atom is -0.497 e. The monoisotopic (exact) mass is 393 g/mol. The molecule has 0 aliphatic carbocycles. The van der Waals surface area contributed by atoms with E-state index in [2.05, 4.69) is 15.9 Å². The van der Waals surface area contributed by atoms with Crippen molar-refractivity contribution >= 4 is 21.8 Å². The lowest BCUT2D eigenvalue weighted by Gasteiger charge is -2.23. The predicted octanol–water partition coefficient (Wildman–Crippen LogP) is 3.10. The largest absolute Gasteiger partial charge is 0.497 e. The van der Waals surface area contributed by atoms with E-state index in [-0.39, 0.29) is 19.1 Å². The average Bonchev–Trinajstić information content (AvgIpc) is 2.61. The molecule has 0 aromatic heterocycles. The summed E-state index contributed by atoms with van der Waals surface area (Å²) in [6.45, 7) is 0.430. The lowest BCUT2D eigenvalue weighted by atomic mass is 10.1. The Morgan fingerprint density at radius 3 is 2.42 bits per heavy atom. The second-order valence-corrected chi connectivity index (χ2v) is 6.05. The third kappa shape index (κ3) is 4.49. The van der Waals surface area contributed by atoms with Crippen LogP contribution < -0.4 is 9.47 Å². The molecule has 24 heavy (non-hydrogen) atoms. The number of hydrogen-bond donors (Lipinski definition) is 1. The summed E-state index contributed by atoms with van der Waals surface area (Å²) >= 11 is 3.36. The van der Waals surface area contributed by atoms with Gasteiger partial charge in [0, 0.05) is 28.7 Å². The van der Waals surface area contributed by atoms with Crippen molar-refractivity contribution < 1.29 is 19.4 Å². The molecule has 1 amide bonds. The van der Waals surface area contributed by atoms with Crippen molar-refractivity contribution in [2.24, 2.45) is 0 Å². The van der Waals surface area contributed by atoms with Crippen LogP contribution in [0.2, 0.25) is 0 Å². The molecule has 0 heterocycles. The van der Waals surface area contributed by atoms with Crippen LogP contribution in [0.5, 0.6) is 11.5 Å². The summed E-state index contributed by atoms with van der Waals surface area (Å²) in [4.78, 5) is 14.3. The summed E-state index contributed by atoms with van der Waals surface area (Å²) in [6.07, 6.45) is 0. The van der Waals surface area contributed by atoms with E-state index >= 15 is 0 Å². The zero-order valence-corrected chi connectivity index (χ0v) is 15.2. The molecule has 0 saturated carbocycles. The van der Waals surface area contributed by atoms with Gasteiger partial charge in [-0.15, -0.1) is 0 Å². The quantitative estimate of drug-likeness (QED) is 0.784. The molecule has 0 aliphatic rings. The van der Waals surface area contributed by atoms with E-state index in [9.17, 15) is 9.90 Å². The van der Waals surface area contributed by atoms with Gasteiger partial charge in [0.25, 0.3) is 5.91 Å². The number of benzene rings is 2. The minimum atomic E-state index is -0.151. The number of ether oxygens (including phenoxy) is 2. The van der Waals surface area contributed by atoms with Gasteiger partial charge in [0.15, 0.2) is 0 Å². The summed E-state index contributed by atoms with van der Waals surface area (Å²) in [6, 6.07) is 12.6. The lowest BCUT2D eigenvalue weighted by Crippen LogP contribution is -2.33. The molecule has 1 N–H and O–H groups in total. The lowest BCUT2D eigenvalue weighted by molar-refractivity contribution is 0.0706. The zero-order valence-electron chi connectivity index (χ0n) is 13.7. The normalized spacial score (nSPS) is 10.3. The van der Waals surface area contributed by atoms with E-state index in [0.717, 1.165) is 10.0 Å². The van der Waals surface area contributed by atoms with Gasteiger partial charge in [0.2, 0.25) is 0 Å². The molecule has 2 rings (SSSR count). The van der Waals surface area contributed by atoms with Crippen molar-refractivity contribution in [3.05, 3.63) is 58.1 Å². The van der Waals surface area contributed by atoms with Crippen LogP contribution in [-0.2, 0) is 6.54 Å². The summed E-state index contributed by atoms with van der Waals surface area (Å²) in [5.74, 6) is 1.20. The Morgan fingerprint density at radius 2 is 1.83 bits per heavy atom. The molecule has 2 aromatic carbocycles. The maximum Gasteiger partial charge on any atom is 0.254 e. The first-order valence-corrected chi connectivity index (χ1v) is 8.25. The Kier molecular flexibility index (Phi) is 6.63. The maximum absolute atomic E-state index is 12.7. The Morgan fingerprint density at radius 1 is 1.12 bits per heavy atom. The highest BCUT2D eigenvalue weighted by Gasteiger charge is 2.18. The molecule has 128 valence electrons. The molecular weight excluding hydrogens is 374 g/mol. The van der Waals surface area contributed by atoms with Crippen LogP contribution in [0, 0.1) is 0 Å². The highest BCUT2D eigenvalue weighted by atomic mass is 79.9. The Hall–Kier alpha value is -2.05. The second kappa shape index (κ2) is 8.70. The Bertz CT molecular complexity index is 688. The molecule has 0 bridgehead atoms. The van der Waals surface area contributed by atoms with E-state index < -0.39 is 0 Å². The van der Waals surface area contributed by atoms with E-state index in [0.29, 0.717) is 23.6 Å². The van der Waals surface area contributed by atoms with Gasteiger partial charge in [0.1, 0.15) is 11.5 Å². The topological polar surface area (TPSA) is 59.0 Å². The van der Waals surface area contributed by atoms with E-state index in [4.69, 9.17) is 9.47 Å². The van der Waals surface area contributed by atoms with Gasteiger partial charge in [-0.1, -0.05) is 15.9 Å². The first-order valence-electron chi connectivity index (χ1n) is 7.45. The third-order valence-corrected chi connectivity index (χ3v) is 4.13. The summed E-state index contributed by atoms with van der Waals surface area (Å²) in [5, 5.41) is 9.32. The van der Waals surface area contributed by atoms with Crippen molar-refractivity contribution in [3.8, 4) is 11.5 Å². The number of amides is 1. The predicted molar refractivity (Wildman–Crippen MR) is 95.5 cm³/mol. The highest BCUT2D eigenvalue weighted by molar-refractivity contribution is 9.10. The Balaban J connectivity index is 2.28. The van der Waals surface area contributed by atoms with Gasteiger partial charge < -0.3 is 19.5 Å². The molecule has 0 unspecified atom stereocenters. The zero-order chi connectivity index (χ0) is 17.5. The van der Waals surface area contributed by atoms with Crippen LogP contribution in [0.3, 0.4) is 0 Å². The van der Waals surface area contributed by atoms with Crippen LogP contribution in [-0.4, -0.2) is 43.3 Å². The molecule has 0 spiro atoms. The fraction of sp³-hybridized carbons (Fsp3) is 0.278. The first-order chi connectivity index (χ1) is 11.6. The molecule has 0 atom stereocenters. The molecule has 5 nitrogen and oxygen atoms in total. The number of methoxy groups -OCH3 is 2. The van der Waals surface area contributed by atoms with Gasteiger partial charge in [-0.3, -0.25) is 4.79 Å². The van der Waals surface area contributed by atoms with Gasteiger partial charge in [-0.25, -0.2) is 0 Å². The van der Waals surface area contributed by atoms with Gasteiger partial charge in [-0.05, 0) is 42.5 Å². The SMILES string of the molecule is COc1ccc(OC)c(CN(CCO)C(=O)c2ccc(Br)cc2)c1. The van der Waals surface area contributed by atoms with Crippen LogP contribution in [0.1, 0.15) is 15.9 Å². The van der Waals surface area contributed by atoms with Gasteiger partial charge in [-0.2, -0.15) is 0 Å². The number of carbonyl (C=O) groups excluding carboxylic acids is 1. The second-order valence-electron chi connectivity index (χ2n) is 5.13. The molecule has 0 radical (unpaired) electrons. The van der Waals surface area contributed by atoms with Gasteiger partial charge in [0.05, 0.1) is 20.8 Å². The molecule has 6 heteroatoms. The third-order valence-electron chi connectivity index (χ3n) is 3.60. The summed E-state index contributed by atoms with van der Waals surface area (Å²) < 4.78 is 11.5. The molecular formula is C18H20BrNO4. The van der Waals surface area contributed by atoms with Gasteiger partial charge >= 0.3 is 0 Å². The minimum absolute atomic E-state index is 0.117. The highest BCUT2D eigenvalue weighted by Crippen LogP contribution is 2.26. The number of aliphatic hydroxyl groups excluding tert-OH is 1. The smallest absolute Gasteiger partial charge is 0.254 e. The van der Waals surface area contributed by atoms with Crippen molar-refractivity contribution in [3.63, 3.8) is 0 Å². The molecule has 0 fully saturated rings. The fourth-order valence-electron chi connectivity index (χ4n) is 2.36. The summed E-state index contributed by atoms with van der Waals surface area (Å²) in [5.41, 5.74) is 1.38. The van der Waals surface area contributed by atoms with Crippen molar-refractivity contribution in [2.45, 2.75) is 6.54 Å². The maximum atomic E-state index is 12.7. The van der Waals surface area contributed by atoms with Crippen molar-refractivity contribution in [1.29, 1.82) is 0 Å². The van der Waals surface area contributed by atoms with Crippen molar-refractivity contribution in [2.75, 3.05) is 27.4 Å². The summed E-state index contributed by atoms with van der Waals surface area (Å²) in [7, 11) is 3.17. The number of nitrogens with zero attached hydrogens (tertiary/aromatic N) is 1. The van der Waals surface area contributed by atoms with Crippen LogP contribution in [0.15, 0.2) is 46.9 Å². The van der Waals surface area contributed by atoms with E-state index in [1.54, 1.807) is 43.4 Å². The average molecular weight is 394 g/mol. The van der Waals surface area contributed by atoms with Crippen LogP contribution in [0.25, 0.3) is 0 Å². The molecule has 2 aromatic rings. The molecule has 0 saturated heterocycles. The fourth-order valence-corrected chi connectivity index (χ4v) is 2.62. The van der Waals surface area contributed by atoms with Crippen LogP contribution >= 0.6 is 15.9 Å². The first kappa shape index (κ1) is 18.3. The van der Waals surface area contributed by atoms with E-state index in [1.165, 1.54) is 0 Å². The van der Waals surface area contributed by atoms with Crippen molar-refractivity contribution in [1.82, 2.24) is 4.90 Å². The molecule has 0 aliphatic heterocycles. The standard InChI is InChI=1S/C18H20BrNO4/c1-23-16-7-8-17(24-2)14(11-16)12-20(9-10-21)18(22)13-3-5-15(19)6-4-13/h3-8,11,21H,9-10,12H2,1-2H3. The van der Waals surface area contributed by atoms with E-state index in [1.807, 2.05) is 18.2 Å². The number of carbonyl (C=O) groups is 1.